The van der Waals surface area contributed by atoms with Gasteiger partial charge in [-0.1, -0.05) is 12.0 Å². The molecule has 10 nitrogen and oxygen atoms in total. The fraction of sp³-hybridized carbons (Fsp3) is 0.400. The first-order valence-electron chi connectivity index (χ1n) is 8.27. The lowest BCUT2D eigenvalue weighted by atomic mass is 10.3. The Labute approximate surface area is 148 Å². The summed E-state index contributed by atoms with van der Waals surface area (Å²) in [6.45, 7) is 3.49. The summed E-state index contributed by atoms with van der Waals surface area (Å²) in [5.41, 5.74) is 0.670. The van der Waals surface area contributed by atoms with Crippen molar-refractivity contribution in [1.82, 2.24) is 24.5 Å². The summed E-state index contributed by atoms with van der Waals surface area (Å²) < 4.78 is 32.7. The molecule has 0 bridgehead atoms. The van der Waals surface area contributed by atoms with Crippen LogP contribution in [0.25, 0.3) is 11.0 Å². The number of hydrogen-bond acceptors (Lipinski definition) is 7. The number of nitrogens with one attached hydrogen (secondary N) is 2. The number of hydrogen-bond donors (Lipinski definition) is 2. The van der Waals surface area contributed by atoms with E-state index in [0.717, 1.165) is 0 Å². The maximum atomic E-state index is 12.9. The minimum Gasteiger partial charge on any atom is -0.408 e. The Kier molecular flexibility index (Phi) is 4.04. The maximum absolute atomic E-state index is 12.9. The van der Waals surface area contributed by atoms with Crippen LogP contribution in [0, 0.1) is 0 Å². The number of aromatic nitrogens is 4. The average Bonchev–Trinajstić information content (AvgIpc) is 3.26. The van der Waals surface area contributed by atoms with Crippen LogP contribution < -0.4 is 10.6 Å². The molecule has 0 spiro atoms. The van der Waals surface area contributed by atoms with Crippen LogP contribution in [0.1, 0.15) is 12.8 Å². The van der Waals surface area contributed by atoms with E-state index >= 15 is 0 Å². The van der Waals surface area contributed by atoms with Crippen molar-refractivity contribution in [3.05, 3.63) is 34.6 Å². The van der Waals surface area contributed by atoms with E-state index in [0.29, 0.717) is 55.5 Å². The highest BCUT2D eigenvalue weighted by Crippen LogP contribution is 2.22. The highest BCUT2D eigenvalue weighted by atomic mass is 32.2. The molecule has 0 atom stereocenters. The third kappa shape index (κ3) is 2.88. The highest BCUT2D eigenvalue weighted by Gasteiger charge is 2.30. The molecule has 4 rings (SSSR count). The van der Waals surface area contributed by atoms with Crippen molar-refractivity contribution in [3.63, 3.8) is 0 Å². The lowest BCUT2D eigenvalue weighted by Gasteiger charge is -2.32. The molecule has 3 aromatic rings. The molecule has 2 N–H and O–H groups in total. The third-order valence-electron chi connectivity index (χ3n) is 4.39. The largest absolute Gasteiger partial charge is 0.408 e. The summed E-state index contributed by atoms with van der Waals surface area (Å²) in [5, 5.41) is 7.93. The van der Waals surface area contributed by atoms with Crippen LogP contribution in [0.4, 0.5) is 6.01 Å². The van der Waals surface area contributed by atoms with E-state index < -0.39 is 10.0 Å². The van der Waals surface area contributed by atoms with E-state index in [9.17, 15) is 13.2 Å². The quantitative estimate of drug-likeness (QED) is 0.669. The van der Waals surface area contributed by atoms with Crippen LogP contribution in [0.15, 0.2) is 32.3 Å². The van der Waals surface area contributed by atoms with Gasteiger partial charge in [0.25, 0.3) is 0 Å². The van der Waals surface area contributed by atoms with Crippen LogP contribution in [0.2, 0.25) is 0 Å². The number of aryl methyl sites for hydroxylation is 1. The first-order chi connectivity index (χ1) is 12.5. The van der Waals surface area contributed by atoms with Gasteiger partial charge in [0.1, 0.15) is 0 Å². The molecule has 1 aromatic carbocycles. The molecular formula is C15H18N6O4S. The molecule has 0 radical (unpaired) electrons. The predicted octanol–water partition coefficient (Wildman–Crippen LogP) is 0.313. The van der Waals surface area contributed by atoms with Crippen molar-refractivity contribution in [1.29, 1.82) is 0 Å². The van der Waals surface area contributed by atoms with E-state index in [4.69, 9.17) is 4.42 Å². The van der Waals surface area contributed by atoms with Crippen molar-refractivity contribution >= 4 is 27.1 Å². The van der Waals surface area contributed by atoms with Gasteiger partial charge < -0.3 is 19.3 Å². The van der Waals surface area contributed by atoms with Gasteiger partial charge in [-0.05, 0) is 18.2 Å². The fourth-order valence-corrected chi connectivity index (χ4v) is 4.41. The van der Waals surface area contributed by atoms with Crippen molar-refractivity contribution in [2.24, 2.45) is 0 Å². The van der Waals surface area contributed by atoms with Crippen LogP contribution >= 0.6 is 0 Å². The topological polar surface area (TPSA) is 128 Å². The van der Waals surface area contributed by atoms with Gasteiger partial charge in [-0.25, -0.2) is 13.2 Å². The summed E-state index contributed by atoms with van der Waals surface area (Å²) in [5.74, 6) is 0.559. The lowest BCUT2D eigenvalue weighted by molar-refractivity contribution is 0.369. The van der Waals surface area contributed by atoms with Gasteiger partial charge in [0, 0.05) is 32.6 Å². The lowest BCUT2D eigenvalue weighted by Crippen LogP contribution is -2.48. The number of fused-ring (bicyclic) bond motifs is 1. The second-order valence-electron chi connectivity index (χ2n) is 6.01. The molecule has 2 aromatic heterocycles. The second-order valence-corrected chi connectivity index (χ2v) is 7.95. The van der Waals surface area contributed by atoms with Gasteiger partial charge in [0.05, 0.1) is 15.9 Å². The van der Waals surface area contributed by atoms with E-state index in [-0.39, 0.29) is 10.6 Å². The van der Waals surface area contributed by atoms with E-state index in [1.54, 1.807) is 6.07 Å². The SMILES string of the molecule is CCc1nnc(N2CCN(S(=O)(=O)c3ccc4[nH]c(=O)[nH]c4c3)CC2)o1. The molecular weight excluding hydrogens is 360 g/mol. The molecule has 11 heteroatoms. The molecule has 0 saturated carbocycles. The standard InChI is InChI=1S/C15H18N6O4S/c1-2-13-18-19-15(25-13)20-5-7-21(8-6-20)26(23,24)10-3-4-11-12(9-10)17-14(22)16-11/h3-4,9H,2,5-8H2,1H3,(H2,16,17,22). The first-order valence-corrected chi connectivity index (χ1v) is 9.71. The Morgan fingerprint density at radius 2 is 1.85 bits per heavy atom. The summed E-state index contributed by atoms with van der Waals surface area (Å²) >= 11 is 0. The van der Waals surface area contributed by atoms with Crippen LogP contribution in [-0.2, 0) is 16.4 Å². The summed E-state index contributed by atoms with van der Waals surface area (Å²) in [6.07, 6.45) is 0.658. The van der Waals surface area contributed by atoms with E-state index in [1.807, 2.05) is 11.8 Å². The predicted molar refractivity (Wildman–Crippen MR) is 93.6 cm³/mol. The number of sulfonamides is 1. The van der Waals surface area contributed by atoms with Gasteiger partial charge in [0.15, 0.2) is 0 Å². The number of benzene rings is 1. The Balaban J connectivity index is 1.52. The molecule has 1 saturated heterocycles. The van der Waals surface area contributed by atoms with Crippen molar-refractivity contribution < 1.29 is 12.8 Å². The molecule has 138 valence electrons. The molecule has 0 amide bonds. The van der Waals surface area contributed by atoms with E-state index in [2.05, 4.69) is 20.2 Å². The van der Waals surface area contributed by atoms with E-state index in [1.165, 1.54) is 16.4 Å². The Morgan fingerprint density at radius 3 is 2.54 bits per heavy atom. The molecule has 1 aliphatic rings. The average molecular weight is 378 g/mol. The number of aromatic amines is 2. The third-order valence-corrected chi connectivity index (χ3v) is 6.29. The number of H-pyrrole nitrogens is 2. The zero-order valence-corrected chi connectivity index (χ0v) is 14.9. The Hall–Kier alpha value is -2.66. The molecule has 1 aliphatic heterocycles. The van der Waals surface area contributed by atoms with Crippen molar-refractivity contribution in [2.75, 3.05) is 31.1 Å². The molecule has 0 aliphatic carbocycles. The minimum atomic E-state index is -3.65. The molecule has 1 fully saturated rings. The smallest absolute Gasteiger partial charge is 0.323 e. The Morgan fingerprint density at radius 1 is 1.12 bits per heavy atom. The summed E-state index contributed by atoms with van der Waals surface area (Å²) in [4.78, 5) is 18.6. The number of rotatable bonds is 4. The van der Waals surface area contributed by atoms with Gasteiger partial charge in [0.2, 0.25) is 15.9 Å². The number of piperazine rings is 1. The normalized spacial score (nSPS) is 16.4. The first kappa shape index (κ1) is 16.8. The minimum absolute atomic E-state index is 0.153. The fourth-order valence-electron chi connectivity index (χ4n) is 2.96. The Bertz CT molecular complexity index is 1090. The van der Waals surface area contributed by atoms with Gasteiger partial charge in [-0.3, -0.25) is 0 Å². The monoisotopic (exact) mass is 378 g/mol. The molecule has 3 heterocycles. The number of nitrogens with zero attached hydrogens (tertiary/aromatic N) is 4. The zero-order valence-electron chi connectivity index (χ0n) is 14.1. The van der Waals surface area contributed by atoms with Crippen LogP contribution in [0.5, 0.6) is 0 Å². The number of anilines is 1. The zero-order chi connectivity index (χ0) is 18.3. The number of imidazole rings is 1. The molecule has 0 unspecified atom stereocenters. The van der Waals surface area contributed by atoms with Crippen molar-refractivity contribution in [3.8, 4) is 0 Å². The molecule has 26 heavy (non-hydrogen) atoms. The highest BCUT2D eigenvalue weighted by molar-refractivity contribution is 7.89. The van der Waals surface area contributed by atoms with Gasteiger partial charge >= 0.3 is 11.7 Å². The summed E-state index contributed by atoms with van der Waals surface area (Å²) in [7, 11) is -3.65. The van der Waals surface area contributed by atoms with Crippen LogP contribution in [-0.4, -0.2) is 59.1 Å². The summed E-state index contributed by atoms with van der Waals surface area (Å²) in [6, 6.07) is 4.98. The second kappa shape index (κ2) is 6.25. The van der Waals surface area contributed by atoms with Gasteiger partial charge in [-0.2, -0.15) is 4.31 Å². The van der Waals surface area contributed by atoms with Crippen LogP contribution in [0.3, 0.4) is 0 Å². The maximum Gasteiger partial charge on any atom is 0.323 e. The van der Waals surface area contributed by atoms with Crippen molar-refractivity contribution in [2.45, 2.75) is 18.2 Å². The van der Waals surface area contributed by atoms with Gasteiger partial charge in [-0.15, -0.1) is 5.10 Å².